The second-order valence-corrected chi connectivity index (χ2v) is 3.99. The maximum absolute atomic E-state index is 10.8. The predicted octanol–water partition coefficient (Wildman–Crippen LogP) is 2.06. The topological polar surface area (TPSA) is 63.3 Å². The summed E-state index contributed by atoms with van der Waals surface area (Å²) < 4.78 is 0. The molecule has 2 rings (SSSR count). The van der Waals surface area contributed by atoms with Crippen molar-refractivity contribution in [1.82, 2.24) is 0 Å². The molecule has 0 saturated heterocycles. The number of nitrogens with two attached hydrogens (primary N) is 1. The average Bonchev–Trinajstić information content (AvgIpc) is 2.84. The number of rotatable bonds is 2. The molecule has 0 heterocycles. The lowest BCUT2D eigenvalue weighted by Gasteiger charge is -2.10. The van der Waals surface area contributed by atoms with E-state index in [0.29, 0.717) is 5.56 Å². The zero-order valence-electron chi connectivity index (χ0n) is 8.49. The largest absolute Gasteiger partial charge is 0.478 e. The van der Waals surface area contributed by atoms with Gasteiger partial charge < -0.3 is 10.8 Å². The van der Waals surface area contributed by atoms with Crippen molar-refractivity contribution in [2.24, 2.45) is 5.73 Å². The molecule has 3 nitrogen and oxygen atoms in total. The standard InChI is InChI=1S/C11H13NO2.ClH/c1-7-6-8(11(12)4-5-11)2-3-9(7)10(13)14;/h2-3,6H,4-5,12H2,1H3,(H,13,14);1H. The van der Waals surface area contributed by atoms with Gasteiger partial charge in [0.2, 0.25) is 0 Å². The molecule has 1 aliphatic carbocycles. The smallest absolute Gasteiger partial charge is 0.335 e. The van der Waals surface area contributed by atoms with Crippen LogP contribution in [-0.2, 0) is 5.54 Å². The number of aryl methyl sites for hydroxylation is 1. The molecule has 0 radical (unpaired) electrons. The Kier molecular flexibility index (Phi) is 3.07. The van der Waals surface area contributed by atoms with Crippen molar-refractivity contribution in [2.45, 2.75) is 25.3 Å². The van der Waals surface area contributed by atoms with Gasteiger partial charge in [0, 0.05) is 5.54 Å². The molecule has 0 aliphatic heterocycles. The molecule has 15 heavy (non-hydrogen) atoms. The lowest BCUT2D eigenvalue weighted by atomic mass is 9.99. The molecular weight excluding hydrogens is 214 g/mol. The van der Waals surface area contributed by atoms with E-state index in [-0.39, 0.29) is 17.9 Å². The maximum Gasteiger partial charge on any atom is 0.335 e. The Morgan fingerprint density at radius 2 is 2.07 bits per heavy atom. The zero-order valence-corrected chi connectivity index (χ0v) is 9.30. The van der Waals surface area contributed by atoms with Gasteiger partial charge in [-0.25, -0.2) is 4.79 Å². The first kappa shape index (κ1) is 12.0. The molecule has 82 valence electrons. The Morgan fingerprint density at radius 3 is 2.47 bits per heavy atom. The second kappa shape index (κ2) is 3.83. The zero-order chi connectivity index (χ0) is 10.3. The fourth-order valence-corrected chi connectivity index (χ4v) is 1.64. The Bertz CT molecular complexity index is 400. The van der Waals surface area contributed by atoms with Gasteiger partial charge in [-0.3, -0.25) is 0 Å². The van der Waals surface area contributed by atoms with Crippen molar-refractivity contribution in [3.63, 3.8) is 0 Å². The van der Waals surface area contributed by atoms with Crippen LogP contribution in [0.5, 0.6) is 0 Å². The summed E-state index contributed by atoms with van der Waals surface area (Å²) in [5.74, 6) is -0.879. The van der Waals surface area contributed by atoms with E-state index in [0.717, 1.165) is 24.0 Å². The number of hydrogen-bond acceptors (Lipinski definition) is 2. The average molecular weight is 228 g/mol. The van der Waals surface area contributed by atoms with Gasteiger partial charge >= 0.3 is 5.97 Å². The fraction of sp³-hybridized carbons (Fsp3) is 0.364. The molecule has 0 bridgehead atoms. The summed E-state index contributed by atoms with van der Waals surface area (Å²) in [6.07, 6.45) is 2.00. The molecule has 1 aromatic carbocycles. The van der Waals surface area contributed by atoms with Crippen molar-refractivity contribution >= 4 is 18.4 Å². The van der Waals surface area contributed by atoms with Gasteiger partial charge in [0.25, 0.3) is 0 Å². The van der Waals surface area contributed by atoms with Gasteiger partial charge in [-0.15, -0.1) is 12.4 Å². The lowest BCUT2D eigenvalue weighted by Crippen LogP contribution is -2.19. The van der Waals surface area contributed by atoms with Crippen LogP contribution in [0.4, 0.5) is 0 Å². The summed E-state index contributed by atoms with van der Waals surface area (Å²) in [7, 11) is 0. The van der Waals surface area contributed by atoms with Crippen LogP contribution in [0.3, 0.4) is 0 Å². The highest BCUT2D eigenvalue weighted by molar-refractivity contribution is 5.89. The van der Waals surface area contributed by atoms with E-state index >= 15 is 0 Å². The molecule has 3 N–H and O–H groups in total. The van der Waals surface area contributed by atoms with E-state index < -0.39 is 5.97 Å². The number of carbonyl (C=O) groups is 1. The number of carboxylic acids is 1. The third-order valence-corrected chi connectivity index (χ3v) is 2.82. The van der Waals surface area contributed by atoms with E-state index in [1.54, 1.807) is 13.0 Å². The van der Waals surface area contributed by atoms with E-state index in [4.69, 9.17) is 10.8 Å². The molecule has 1 fully saturated rings. The number of aromatic carboxylic acids is 1. The summed E-state index contributed by atoms with van der Waals surface area (Å²) >= 11 is 0. The van der Waals surface area contributed by atoms with E-state index in [9.17, 15) is 4.79 Å². The predicted molar refractivity (Wildman–Crippen MR) is 60.5 cm³/mol. The molecule has 0 atom stereocenters. The van der Waals surface area contributed by atoms with Gasteiger partial charge in [0.15, 0.2) is 0 Å². The number of halogens is 1. The second-order valence-electron chi connectivity index (χ2n) is 3.99. The Morgan fingerprint density at radius 1 is 1.47 bits per heavy atom. The minimum Gasteiger partial charge on any atom is -0.478 e. The first-order chi connectivity index (χ1) is 6.53. The summed E-state index contributed by atoms with van der Waals surface area (Å²) in [6.45, 7) is 1.80. The highest BCUT2D eigenvalue weighted by Crippen LogP contribution is 2.42. The van der Waals surface area contributed by atoms with Crippen molar-refractivity contribution in [2.75, 3.05) is 0 Å². The van der Waals surface area contributed by atoms with E-state index in [1.165, 1.54) is 0 Å². The van der Waals surface area contributed by atoms with Crippen molar-refractivity contribution in [3.05, 3.63) is 34.9 Å². The maximum atomic E-state index is 10.8. The van der Waals surface area contributed by atoms with Crippen LogP contribution in [0.25, 0.3) is 0 Å². The quantitative estimate of drug-likeness (QED) is 0.813. The summed E-state index contributed by atoms with van der Waals surface area (Å²) in [4.78, 5) is 10.8. The van der Waals surface area contributed by atoms with Crippen LogP contribution < -0.4 is 5.73 Å². The minimum atomic E-state index is -0.879. The minimum absolute atomic E-state index is 0. The first-order valence-corrected chi connectivity index (χ1v) is 4.66. The molecule has 0 unspecified atom stereocenters. The van der Waals surface area contributed by atoms with Crippen LogP contribution in [0, 0.1) is 6.92 Å². The molecule has 0 amide bonds. The van der Waals surface area contributed by atoms with Crippen LogP contribution >= 0.6 is 12.4 Å². The molecule has 0 spiro atoms. The third-order valence-electron chi connectivity index (χ3n) is 2.82. The summed E-state index contributed by atoms with van der Waals surface area (Å²) in [6, 6.07) is 5.35. The lowest BCUT2D eigenvalue weighted by molar-refractivity contribution is 0.0696. The molecule has 4 heteroatoms. The number of hydrogen-bond donors (Lipinski definition) is 2. The molecular formula is C11H14ClNO2. The van der Waals surface area contributed by atoms with Gasteiger partial charge in [-0.05, 0) is 37.0 Å². The normalized spacial score (nSPS) is 16.7. The van der Waals surface area contributed by atoms with Crippen molar-refractivity contribution in [3.8, 4) is 0 Å². The number of carboxylic acid groups (broad SMARTS) is 1. The Balaban J connectivity index is 0.00000112. The van der Waals surface area contributed by atoms with Crippen LogP contribution in [0.1, 0.15) is 34.3 Å². The summed E-state index contributed by atoms with van der Waals surface area (Å²) in [5.41, 5.74) is 8.04. The molecule has 1 aromatic rings. The van der Waals surface area contributed by atoms with E-state index in [1.807, 2.05) is 12.1 Å². The van der Waals surface area contributed by atoms with E-state index in [2.05, 4.69) is 0 Å². The van der Waals surface area contributed by atoms with Crippen LogP contribution in [0.15, 0.2) is 18.2 Å². The van der Waals surface area contributed by atoms with Crippen molar-refractivity contribution in [1.29, 1.82) is 0 Å². The van der Waals surface area contributed by atoms with Gasteiger partial charge in [-0.2, -0.15) is 0 Å². The monoisotopic (exact) mass is 227 g/mol. The molecule has 1 aliphatic rings. The Hall–Kier alpha value is -1.06. The highest BCUT2D eigenvalue weighted by atomic mass is 35.5. The fourth-order valence-electron chi connectivity index (χ4n) is 1.64. The van der Waals surface area contributed by atoms with Crippen LogP contribution in [-0.4, -0.2) is 11.1 Å². The van der Waals surface area contributed by atoms with Gasteiger partial charge in [-0.1, -0.05) is 12.1 Å². The highest BCUT2D eigenvalue weighted by Gasteiger charge is 2.40. The Labute approximate surface area is 94.7 Å². The SMILES string of the molecule is Cc1cc(C2(N)CC2)ccc1C(=O)O.Cl. The first-order valence-electron chi connectivity index (χ1n) is 4.66. The summed E-state index contributed by atoms with van der Waals surface area (Å²) in [5, 5.41) is 8.84. The van der Waals surface area contributed by atoms with Gasteiger partial charge in [0.05, 0.1) is 5.56 Å². The van der Waals surface area contributed by atoms with Crippen LogP contribution in [0.2, 0.25) is 0 Å². The van der Waals surface area contributed by atoms with Crippen molar-refractivity contribution < 1.29 is 9.90 Å². The molecule has 1 saturated carbocycles. The van der Waals surface area contributed by atoms with Gasteiger partial charge in [0.1, 0.15) is 0 Å². The molecule has 0 aromatic heterocycles. The third kappa shape index (κ3) is 2.13. The number of benzene rings is 1.